The van der Waals surface area contributed by atoms with Crippen LogP contribution in [0.15, 0.2) is 40.8 Å². The minimum Gasteiger partial charge on any atom is -0.457 e. The number of aromatic nitrogens is 1. The molecule has 2 heterocycles. The smallest absolute Gasteiger partial charge is 0.223 e. The number of amides is 1. The van der Waals surface area contributed by atoms with Crippen LogP contribution in [0.2, 0.25) is 0 Å². The Kier molecular flexibility index (Phi) is 5.24. The van der Waals surface area contributed by atoms with E-state index in [9.17, 15) is 4.79 Å². The molecule has 0 saturated carbocycles. The van der Waals surface area contributed by atoms with Crippen molar-refractivity contribution in [3.63, 3.8) is 0 Å². The van der Waals surface area contributed by atoms with Crippen molar-refractivity contribution >= 4 is 27.5 Å². The van der Waals surface area contributed by atoms with Crippen LogP contribution >= 0.6 is 11.3 Å². The van der Waals surface area contributed by atoms with Crippen LogP contribution in [0.25, 0.3) is 21.0 Å². The molecule has 2 aromatic heterocycles. The molecule has 0 bridgehead atoms. The van der Waals surface area contributed by atoms with Gasteiger partial charge in [0.2, 0.25) is 5.91 Å². The van der Waals surface area contributed by atoms with Crippen molar-refractivity contribution in [1.29, 1.82) is 0 Å². The fourth-order valence-corrected chi connectivity index (χ4v) is 3.22. The van der Waals surface area contributed by atoms with Crippen molar-refractivity contribution in [3.05, 3.63) is 42.2 Å². The van der Waals surface area contributed by atoms with Crippen LogP contribution in [0, 0.1) is 0 Å². The zero-order chi connectivity index (χ0) is 16.9. The van der Waals surface area contributed by atoms with Crippen molar-refractivity contribution in [2.75, 3.05) is 13.7 Å². The number of hydrogen-bond acceptors (Lipinski definition) is 6. The molecule has 3 aromatic rings. The molecule has 0 aliphatic heterocycles. The Bertz CT molecular complexity index is 790. The van der Waals surface area contributed by atoms with E-state index in [1.165, 1.54) is 0 Å². The second-order valence-electron chi connectivity index (χ2n) is 5.33. The molecule has 24 heavy (non-hydrogen) atoms. The number of furan rings is 1. The summed E-state index contributed by atoms with van der Waals surface area (Å²) >= 11 is 1.58. The van der Waals surface area contributed by atoms with Gasteiger partial charge in [0.25, 0.3) is 0 Å². The number of carbonyl (C=O) groups excluding carboxylic acids is 1. The lowest BCUT2D eigenvalue weighted by Gasteiger charge is -2.11. The molecular weight excluding hydrogens is 326 g/mol. The summed E-state index contributed by atoms with van der Waals surface area (Å²) in [6.45, 7) is 0.636. The number of carbonyl (C=O) groups is 1. The molecule has 6 nitrogen and oxygen atoms in total. The monoisotopic (exact) mass is 345 g/mol. The summed E-state index contributed by atoms with van der Waals surface area (Å²) in [4.78, 5) is 16.4. The Morgan fingerprint density at radius 3 is 2.96 bits per heavy atom. The molecule has 3 rings (SSSR count). The van der Waals surface area contributed by atoms with Gasteiger partial charge < -0.3 is 20.2 Å². The Balaban J connectivity index is 1.62. The molecule has 3 N–H and O–H groups in total. The quantitative estimate of drug-likeness (QED) is 0.687. The highest BCUT2D eigenvalue weighted by Crippen LogP contribution is 2.31. The van der Waals surface area contributed by atoms with Crippen LogP contribution in [-0.2, 0) is 16.1 Å². The van der Waals surface area contributed by atoms with Gasteiger partial charge in [0.15, 0.2) is 10.8 Å². The lowest BCUT2D eigenvalue weighted by atomic mass is 10.2. The summed E-state index contributed by atoms with van der Waals surface area (Å²) in [6, 6.07) is 11.7. The summed E-state index contributed by atoms with van der Waals surface area (Å²) < 4.78 is 12.0. The number of thiazole rings is 1. The topological polar surface area (TPSA) is 90.4 Å². The molecule has 0 aliphatic carbocycles. The molecule has 0 saturated heterocycles. The third kappa shape index (κ3) is 3.81. The average Bonchev–Trinajstić information content (AvgIpc) is 3.24. The Labute approximate surface area is 143 Å². The van der Waals surface area contributed by atoms with Crippen LogP contribution in [0.1, 0.15) is 12.2 Å². The molecule has 0 aliphatic rings. The molecule has 7 heteroatoms. The van der Waals surface area contributed by atoms with E-state index in [-0.39, 0.29) is 18.4 Å². The summed E-state index contributed by atoms with van der Waals surface area (Å²) in [7, 11) is 1.54. The lowest BCUT2D eigenvalue weighted by Crippen LogP contribution is -2.31. The highest BCUT2D eigenvalue weighted by atomic mass is 32.1. The lowest BCUT2D eigenvalue weighted by molar-refractivity contribution is -0.123. The number of nitrogens with one attached hydrogen (secondary N) is 1. The minimum absolute atomic E-state index is 0.120. The van der Waals surface area contributed by atoms with Gasteiger partial charge in [0, 0.05) is 13.7 Å². The zero-order valence-electron chi connectivity index (χ0n) is 13.3. The van der Waals surface area contributed by atoms with E-state index in [0.29, 0.717) is 24.6 Å². The molecule has 0 spiro atoms. The van der Waals surface area contributed by atoms with Crippen LogP contribution in [-0.4, -0.2) is 30.6 Å². The largest absolute Gasteiger partial charge is 0.457 e. The van der Waals surface area contributed by atoms with E-state index < -0.39 is 0 Å². The second-order valence-corrected chi connectivity index (χ2v) is 6.36. The van der Waals surface area contributed by atoms with Crippen molar-refractivity contribution in [2.24, 2.45) is 5.73 Å². The van der Waals surface area contributed by atoms with Gasteiger partial charge in [0.1, 0.15) is 5.76 Å². The number of fused-ring (bicyclic) bond motifs is 1. The highest BCUT2D eigenvalue weighted by Gasteiger charge is 2.13. The molecule has 1 unspecified atom stereocenters. The third-order valence-electron chi connectivity index (χ3n) is 3.64. The SMILES string of the molecule is COC(CN)CC(=O)NCc1ccc(-c2nc3ccccc3s2)o1. The fourth-order valence-electron chi connectivity index (χ4n) is 2.29. The number of methoxy groups -OCH3 is 1. The molecule has 0 fully saturated rings. The van der Waals surface area contributed by atoms with E-state index in [1.807, 2.05) is 36.4 Å². The first-order valence-electron chi connectivity index (χ1n) is 7.64. The van der Waals surface area contributed by atoms with Gasteiger partial charge in [0.05, 0.1) is 29.3 Å². The summed E-state index contributed by atoms with van der Waals surface area (Å²) in [5.41, 5.74) is 6.46. The van der Waals surface area contributed by atoms with Gasteiger partial charge in [-0.15, -0.1) is 11.3 Å². The summed E-state index contributed by atoms with van der Waals surface area (Å²) in [5.74, 6) is 1.27. The van der Waals surface area contributed by atoms with Gasteiger partial charge in [-0.3, -0.25) is 4.79 Å². The maximum Gasteiger partial charge on any atom is 0.223 e. The number of nitrogens with two attached hydrogens (primary N) is 1. The molecular formula is C17H19N3O3S. The van der Waals surface area contributed by atoms with Crippen molar-refractivity contribution in [2.45, 2.75) is 19.1 Å². The molecule has 1 amide bonds. The number of rotatable bonds is 7. The van der Waals surface area contributed by atoms with Crippen molar-refractivity contribution in [1.82, 2.24) is 10.3 Å². The first-order valence-corrected chi connectivity index (χ1v) is 8.45. The maximum absolute atomic E-state index is 11.8. The van der Waals surface area contributed by atoms with Crippen LogP contribution in [0.5, 0.6) is 0 Å². The standard InChI is InChI=1S/C17H19N3O3S/c1-22-12(9-18)8-16(21)19-10-11-6-7-14(23-11)17-20-13-4-2-3-5-15(13)24-17/h2-7,12H,8-10,18H2,1H3,(H,19,21). The van der Waals surface area contributed by atoms with Gasteiger partial charge in [-0.1, -0.05) is 12.1 Å². The molecule has 0 radical (unpaired) electrons. The number of hydrogen-bond donors (Lipinski definition) is 2. The van der Waals surface area contributed by atoms with E-state index in [4.69, 9.17) is 14.9 Å². The maximum atomic E-state index is 11.8. The molecule has 126 valence electrons. The highest BCUT2D eigenvalue weighted by molar-refractivity contribution is 7.21. The van der Waals surface area contributed by atoms with Crippen LogP contribution in [0.4, 0.5) is 0 Å². The average molecular weight is 345 g/mol. The van der Waals surface area contributed by atoms with E-state index in [2.05, 4.69) is 10.3 Å². The predicted octanol–water partition coefficient (Wildman–Crippen LogP) is 2.54. The summed E-state index contributed by atoms with van der Waals surface area (Å²) in [5, 5.41) is 3.63. The Morgan fingerprint density at radius 2 is 2.21 bits per heavy atom. The molecule has 1 aromatic carbocycles. The first-order chi connectivity index (χ1) is 11.7. The Hall–Kier alpha value is -2.22. The van der Waals surface area contributed by atoms with E-state index >= 15 is 0 Å². The fraction of sp³-hybridized carbons (Fsp3) is 0.294. The number of ether oxygens (including phenoxy) is 1. The second kappa shape index (κ2) is 7.57. The van der Waals surface area contributed by atoms with E-state index in [1.54, 1.807) is 18.4 Å². The predicted molar refractivity (Wildman–Crippen MR) is 93.6 cm³/mol. The zero-order valence-corrected chi connectivity index (χ0v) is 14.1. The Morgan fingerprint density at radius 1 is 1.38 bits per heavy atom. The third-order valence-corrected chi connectivity index (χ3v) is 4.69. The molecule has 1 atom stereocenters. The number of benzene rings is 1. The first kappa shape index (κ1) is 16.6. The van der Waals surface area contributed by atoms with Gasteiger partial charge in [-0.05, 0) is 24.3 Å². The van der Waals surface area contributed by atoms with Gasteiger partial charge >= 0.3 is 0 Å². The normalized spacial score (nSPS) is 12.4. The van der Waals surface area contributed by atoms with Gasteiger partial charge in [-0.25, -0.2) is 4.98 Å². The van der Waals surface area contributed by atoms with Gasteiger partial charge in [-0.2, -0.15) is 0 Å². The van der Waals surface area contributed by atoms with E-state index in [0.717, 1.165) is 15.2 Å². The number of para-hydroxylation sites is 1. The summed E-state index contributed by atoms with van der Waals surface area (Å²) in [6.07, 6.45) is -0.0294. The van der Waals surface area contributed by atoms with Crippen molar-refractivity contribution in [3.8, 4) is 10.8 Å². The number of nitrogens with zero attached hydrogens (tertiary/aromatic N) is 1. The van der Waals surface area contributed by atoms with Crippen LogP contribution < -0.4 is 11.1 Å². The van der Waals surface area contributed by atoms with Crippen LogP contribution in [0.3, 0.4) is 0 Å². The van der Waals surface area contributed by atoms with Crippen molar-refractivity contribution < 1.29 is 13.9 Å². The minimum atomic E-state index is -0.264.